The summed E-state index contributed by atoms with van der Waals surface area (Å²) in [4.78, 5) is 86.0. The summed E-state index contributed by atoms with van der Waals surface area (Å²) in [5.41, 5.74) is 0.00893. The van der Waals surface area contributed by atoms with Gasteiger partial charge in [0.2, 0.25) is 17.7 Å². The van der Waals surface area contributed by atoms with Crippen LogP contribution in [0.3, 0.4) is 0 Å². The lowest BCUT2D eigenvalue weighted by Crippen LogP contribution is -2.54. The Balaban J connectivity index is 1.24. The van der Waals surface area contributed by atoms with Crippen molar-refractivity contribution in [3.63, 3.8) is 0 Å². The predicted molar refractivity (Wildman–Crippen MR) is 180 cm³/mol. The molecule has 51 heavy (non-hydrogen) atoms. The van der Waals surface area contributed by atoms with E-state index in [2.05, 4.69) is 29.8 Å². The SMILES string of the molecule is CCC(C/C(=C\C=O)OC)[C@@H](C)[C@@H](C)OCC(=O)NCCOCCOCCNC(=O)COc1cccc2c1C(=O)N(C1CCC(=O)NC1=O)C2=O. The van der Waals surface area contributed by atoms with E-state index in [1.54, 1.807) is 0 Å². The molecule has 1 fully saturated rings. The van der Waals surface area contributed by atoms with Crippen molar-refractivity contribution in [2.75, 3.05) is 59.8 Å². The largest absolute Gasteiger partial charge is 0.501 e. The van der Waals surface area contributed by atoms with Gasteiger partial charge in [-0.25, -0.2) is 0 Å². The Bertz CT molecular complexity index is 1450. The molecule has 3 rings (SSSR count). The summed E-state index contributed by atoms with van der Waals surface area (Å²) in [6, 6.07) is 3.29. The van der Waals surface area contributed by atoms with E-state index in [4.69, 9.17) is 23.7 Å². The summed E-state index contributed by atoms with van der Waals surface area (Å²) < 4.78 is 27.5. The van der Waals surface area contributed by atoms with Gasteiger partial charge in [-0.15, -0.1) is 0 Å². The molecule has 280 valence electrons. The number of piperidine rings is 1. The number of allylic oxidation sites excluding steroid dienone is 2. The number of imide groups is 2. The molecule has 2 aliphatic rings. The number of benzene rings is 1. The molecule has 2 unspecified atom stereocenters. The number of hydrogen-bond acceptors (Lipinski definition) is 12. The lowest BCUT2D eigenvalue weighted by molar-refractivity contribution is -0.136. The molecular weight excluding hydrogens is 668 g/mol. The highest BCUT2D eigenvalue weighted by atomic mass is 16.5. The first-order valence-electron chi connectivity index (χ1n) is 17.0. The van der Waals surface area contributed by atoms with Crippen LogP contribution in [0.1, 0.15) is 67.2 Å². The molecule has 0 aromatic heterocycles. The maximum Gasteiger partial charge on any atom is 0.266 e. The monoisotopic (exact) mass is 716 g/mol. The summed E-state index contributed by atoms with van der Waals surface area (Å²) in [5.74, 6) is -2.32. The quantitative estimate of drug-likeness (QED) is 0.0476. The molecule has 0 saturated carbocycles. The van der Waals surface area contributed by atoms with Crippen molar-refractivity contribution in [1.29, 1.82) is 0 Å². The first-order valence-corrected chi connectivity index (χ1v) is 17.0. The molecular formula is C35H48N4O12. The molecule has 0 bridgehead atoms. The van der Waals surface area contributed by atoms with Gasteiger partial charge in [0.1, 0.15) is 24.7 Å². The molecule has 4 atom stereocenters. The molecule has 1 aromatic carbocycles. The number of hydrogen-bond donors (Lipinski definition) is 3. The normalized spacial score (nSPS) is 17.7. The van der Waals surface area contributed by atoms with Crippen LogP contribution in [-0.4, -0.2) is 119 Å². The highest BCUT2D eigenvalue weighted by Crippen LogP contribution is 2.33. The first kappa shape index (κ1) is 40.8. The van der Waals surface area contributed by atoms with E-state index in [9.17, 15) is 33.6 Å². The molecule has 6 amide bonds. The minimum Gasteiger partial charge on any atom is -0.501 e. The number of fused-ring (bicyclic) bond motifs is 1. The second-order valence-corrected chi connectivity index (χ2v) is 12.1. The van der Waals surface area contributed by atoms with Gasteiger partial charge in [-0.05, 0) is 37.3 Å². The molecule has 0 aliphatic carbocycles. The average Bonchev–Trinajstić information content (AvgIpc) is 3.37. The number of rotatable bonds is 23. The van der Waals surface area contributed by atoms with Crippen molar-refractivity contribution in [3.05, 3.63) is 41.2 Å². The lowest BCUT2D eigenvalue weighted by Gasteiger charge is -2.28. The zero-order chi connectivity index (χ0) is 37.3. The van der Waals surface area contributed by atoms with Gasteiger partial charge in [0.15, 0.2) is 6.61 Å². The maximum absolute atomic E-state index is 13.1. The standard InChI is InChI=1S/C35H48N4O12/c1-5-24(19-25(47-4)11-14-40)22(2)23(3)50-20-30(42)36-12-15-48-17-18-49-16-13-37-31(43)21-51-28-8-6-7-26-32(28)35(46)39(34(26)45)27-9-10-29(41)38-33(27)44/h6-8,11,14,22-24,27H,5,9-10,12-13,15-21H2,1-4H3,(H,36,42)(H,37,43)(H,38,41,44)/b25-11+/t22-,23+,24?,27?/m0/s1. The Morgan fingerprint density at radius 1 is 0.980 bits per heavy atom. The van der Waals surface area contributed by atoms with Crippen molar-refractivity contribution in [2.45, 2.75) is 58.6 Å². The fraction of sp³-hybridized carbons (Fsp3) is 0.571. The van der Waals surface area contributed by atoms with Gasteiger partial charge < -0.3 is 34.3 Å². The minimum atomic E-state index is -1.11. The van der Waals surface area contributed by atoms with Crippen molar-refractivity contribution in [2.24, 2.45) is 11.8 Å². The molecule has 1 aromatic rings. The number of aldehydes is 1. The van der Waals surface area contributed by atoms with Gasteiger partial charge in [0, 0.05) is 32.0 Å². The highest BCUT2D eigenvalue weighted by molar-refractivity contribution is 6.24. The van der Waals surface area contributed by atoms with Crippen LogP contribution in [0.5, 0.6) is 5.75 Å². The number of carbonyl (C=O) groups is 7. The maximum atomic E-state index is 13.1. The van der Waals surface area contributed by atoms with Gasteiger partial charge in [-0.1, -0.05) is 26.3 Å². The molecule has 16 heteroatoms. The number of carbonyl (C=O) groups excluding carboxylic acids is 7. The third-order valence-corrected chi connectivity index (χ3v) is 8.76. The molecule has 2 heterocycles. The Hall–Kier alpha value is -4.67. The van der Waals surface area contributed by atoms with Crippen molar-refractivity contribution >= 4 is 41.7 Å². The zero-order valence-electron chi connectivity index (χ0n) is 29.5. The average molecular weight is 717 g/mol. The number of nitrogens with one attached hydrogen (secondary N) is 3. The Labute approximate surface area is 296 Å². The van der Waals surface area contributed by atoms with E-state index >= 15 is 0 Å². The second-order valence-electron chi connectivity index (χ2n) is 12.1. The van der Waals surface area contributed by atoms with Crippen LogP contribution < -0.4 is 20.7 Å². The third-order valence-electron chi connectivity index (χ3n) is 8.76. The van der Waals surface area contributed by atoms with Crippen LogP contribution in [0, 0.1) is 11.8 Å². The Morgan fingerprint density at radius 2 is 1.65 bits per heavy atom. The van der Waals surface area contributed by atoms with Gasteiger partial charge >= 0.3 is 0 Å². The van der Waals surface area contributed by atoms with Crippen LogP contribution in [-0.2, 0) is 42.9 Å². The molecule has 0 radical (unpaired) electrons. The van der Waals surface area contributed by atoms with E-state index in [0.29, 0.717) is 25.0 Å². The lowest BCUT2D eigenvalue weighted by atomic mass is 9.84. The van der Waals surface area contributed by atoms with Crippen LogP contribution in [0.2, 0.25) is 0 Å². The van der Waals surface area contributed by atoms with Crippen LogP contribution >= 0.6 is 0 Å². The van der Waals surface area contributed by atoms with Crippen molar-refractivity contribution < 1.29 is 57.2 Å². The Morgan fingerprint density at radius 3 is 2.25 bits per heavy atom. The minimum absolute atomic E-state index is 0.00241. The van der Waals surface area contributed by atoms with Crippen LogP contribution in [0.15, 0.2) is 30.0 Å². The van der Waals surface area contributed by atoms with Gasteiger partial charge in [0.05, 0.1) is 56.5 Å². The van der Waals surface area contributed by atoms with Gasteiger partial charge in [0.25, 0.3) is 17.7 Å². The number of ether oxygens (including phenoxy) is 5. The number of amides is 6. The summed E-state index contributed by atoms with van der Waals surface area (Å²) in [6.45, 7) is 7.02. The van der Waals surface area contributed by atoms with E-state index in [1.807, 2.05) is 6.92 Å². The first-order chi connectivity index (χ1) is 24.5. The summed E-state index contributed by atoms with van der Waals surface area (Å²) in [5, 5.41) is 7.52. The van der Waals surface area contributed by atoms with Crippen LogP contribution in [0.4, 0.5) is 0 Å². The van der Waals surface area contributed by atoms with E-state index < -0.39 is 42.2 Å². The second kappa shape index (κ2) is 20.9. The topological polar surface area (TPSA) is 205 Å². The number of nitrogens with zero attached hydrogens (tertiary/aromatic N) is 1. The fourth-order valence-electron chi connectivity index (χ4n) is 5.69. The fourth-order valence-corrected chi connectivity index (χ4v) is 5.69. The predicted octanol–water partition coefficient (Wildman–Crippen LogP) is 0.919. The molecule has 3 N–H and O–H groups in total. The van der Waals surface area contributed by atoms with E-state index in [1.165, 1.54) is 31.4 Å². The van der Waals surface area contributed by atoms with Crippen molar-refractivity contribution in [3.8, 4) is 5.75 Å². The van der Waals surface area contributed by atoms with Crippen LogP contribution in [0.25, 0.3) is 0 Å². The summed E-state index contributed by atoms with van der Waals surface area (Å²) >= 11 is 0. The molecule has 16 nitrogen and oxygen atoms in total. The Kier molecular flexibility index (Phi) is 16.7. The third kappa shape index (κ3) is 12.0. The zero-order valence-corrected chi connectivity index (χ0v) is 29.5. The molecule has 0 spiro atoms. The highest BCUT2D eigenvalue weighted by Gasteiger charge is 2.46. The number of methoxy groups -OCH3 is 1. The smallest absolute Gasteiger partial charge is 0.266 e. The van der Waals surface area contributed by atoms with E-state index in [-0.39, 0.29) is 93.1 Å². The molecule has 1 saturated heterocycles. The van der Waals surface area contributed by atoms with Crippen molar-refractivity contribution in [1.82, 2.24) is 20.9 Å². The van der Waals surface area contributed by atoms with Gasteiger partial charge in [-0.3, -0.25) is 43.8 Å². The van der Waals surface area contributed by atoms with E-state index in [0.717, 1.165) is 11.3 Å². The summed E-state index contributed by atoms with van der Waals surface area (Å²) in [6.07, 6.45) is 3.45. The summed E-state index contributed by atoms with van der Waals surface area (Å²) in [7, 11) is 1.54. The van der Waals surface area contributed by atoms with Gasteiger partial charge in [-0.2, -0.15) is 0 Å². The molecule has 2 aliphatic heterocycles.